The summed E-state index contributed by atoms with van der Waals surface area (Å²) in [6.07, 6.45) is -1.14. The fourth-order valence-electron chi connectivity index (χ4n) is 0.852. The van der Waals surface area contributed by atoms with Crippen molar-refractivity contribution in [2.75, 3.05) is 6.61 Å². The van der Waals surface area contributed by atoms with E-state index in [4.69, 9.17) is 21.1 Å². The predicted octanol–water partition coefficient (Wildman–Crippen LogP) is -1.44. The second-order valence-corrected chi connectivity index (χ2v) is 2.41. The van der Waals surface area contributed by atoms with Gasteiger partial charge in [0.25, 0.3) is 0 Å². The minimum atomic E-state index is -1.14. The van der Waals surface area contributed by atoms with Crippen LogP contribution in [0.15, 0.2) is 11.5 Å². The normalized spacial score (nSPS) is 25.8. The summed E-state index contributed by atoms with van der Waals surface area (Å²) in [6.45, 7) is -0.449. The van der Waals surface area contributed by atoms with Gasteiger partial charge in [-0.05, 0) is 0 Å². The Morgan fingerprint density at radius 2 is 2.17 bits per heavy atom. The highest BCUT2D eigenvalue weighted by Gasteiger charge is 2.37. The highest BCUT2D eigenvalue weighted by molar-refractivity contribution is 5.89. The lowest BCUT2D eigenvalue weighted by Crippen LogP contribution is -2.39. The quantitative estimate of drug-likeness (QED) is 0.382. The second-order valence-electron chi connectivity index (χ2n) is 2.41. The van der Waals surface area contributed by atoms with E-state index in [-0.39, 0.29) is 0 Å². The van der Waals surface area contributed by atoms with E-state index in [9.17, 15) is 4.79 Å². The molecule has 1 heterocycles. The Balaban J connectivity index is 2.80. The molecule has 2 unspecified atom stereocenters. The molecule has 5 N–H and O–H groups in total. The molecule has 1 aliphatic heterocycles. The molecule has 0 aromatic carbocycles. The maximum Gasteiger partial charge on any atom is 0.377 e. The second kappa shape index (κ2) is 3.00. The van der Waals surface area contributed by atoms with Crippen LogP contribution in [0.1, 0.15) is 0 Å². The van der Waals surface area contributed by atoms with Crippen LogP contribution >= 0.6 is 0 Å². The monoisotopic (exact) mass is 175 g/mol. The zero-order valence-corrected chi connectivity index (χ0v) is 6.10. The van der Waals surface area contributed by atoms with Crippen LogP contribution in [-0.2, 0) is 9.53 Å². The van der Waals surface area contributed by atoms with Crippen LogP contribution in [0.3, 0.4) is 0 Å². The largest absolute Gasteiger partial charge is 0.505 e. The van der Waals surface area contributed by atoms with Gasteiger partial charge in [0.1, 0.15) is 0 Å². The molecule has 0 amide bonds. The summed E-state index contributed by atoms with van der Waals surface area (Å²) in [4.78, 5) is 10.6. The van der Waals surface area contributed by atoms with E-state index >= 15 is 0 Å². The van der Waals surface area contributed by atoms with Gasteiger partial charge in [-0.25, -0.2) is 4.79 Å². The average molecular weight is 175 g/mol. The smallest absolute Gasteiger partial charge is 0.377 e. The number of aliphatic hydroxyl groups excluding tert-OH is 3. The number of rotatable bonds is 2. The molecule has 1 aliphatic rings. The van der Waals surface area contributed by atoms with Gasteiger partial charge in [-0.15, -0.1) is 0 Å². The molecular formula is C6H9NO5. The number of hydrogen-bond donors (Lipinski definition) is 4. The Bertz CT molecular complexity index is 236. The number of cyclic esters (lactones) is 1. The molecule has 0 bridgehead atoms. The lowest BCUT2D eigenvalue weighted by atomic mass is 10.1. The van der Waals surface area contributed by atoms with E-state index in [0.717, 1.165) is 0 Å². The molecule has 68 valence electrons. The minimum Gasteiger partial charge on any atom is -0.505 e. The maximum absolute atomic E-state index is 10.6. The average Bonchev–Trinajstić information content (AvgIpc) is 2.32. The Kier molecular flexibility index (Phi) is 2.20. The highest BCUT2D eigenvalue weighted by atomic mass is 16.6. The van der Waals surface area contributed by atoms with Crippen LogP contribution in [0.5, 0.6) is 0 Å². The molecular weight excluding hydrogens is 166 g/mol. The molecule has 6 heteroatoms. The number of hydrogen-bond acceptors (Lipinski definition) is 6. The summed E-state index contributed by atoms with van der Waals surface area (Å²) < 4.78 is 4.44. The molecule has 1 rings (SSSR count). The number of carbonyl (C=O) groups excluding carboxylic acids is 1. The van der Waals surface area contributed by atoms with Crippen LogP contribution in [-0.4, -0.2) is 40.0 Å². The first-order chi connectivity index (χ1) is 5.57. The highest BCUT2D eigenvalue weighted by Crippen LogP contribution is 2.19. The van der Waals surface area contributed by atoms with Gasteiger partial charge in [0.15, 0.2) is 11.9 Å². The van der Waals surface area contributed by atoms with Crippen molar-refractivity contribution in [3.63, 3.8) is 0 Å². The molecule has 2 atom stereocenters. The topological polar surface area (TPSA) is 113 Å². The summed E-state index contributed by atoms with van der Waals surface area (Å²) in [5.74, 6) is -2.49. The third-order valence-electron chi connectivity index (χ3n) is 1.54. The zero-order valence-electron chi connectivity index (χ0n) is 6.10. The Morgan fingerprint density at radius 3 is 2.50 bits per heavy atom. The fourth-order valence-corrected chi connectivity index (χ4v) is 0.852. The summed E-state index contributed by atoms with van der Waals surface area (Å²) in [5, 5.41) is 26.4. The molecule has 0 spiro atoms. The fraction of sp³-hybridized carbons (Fsp3) is 0.500. The lowest BCUT2D eigenvalue weighted by Gasteiger charge is -2.14. The van der Waals surface area contributed by atoms with E-state index in [0.29, 0.717) is 0 Å². The molecule has 6 nitrogen and oxygen atoms in total. The summed E-state index contributed by atoms with van der Waals surface area (Å²) in [7, 11) is 0. The summed E-state index contributed by atoms with van der Waals surface area (Å²) in [6, 6.07) is -0.918. The van der Waals surface area contributed by atoms with Gasteiger partial charge in [0, 0.05) is 0 Å². The van der Waals surface area contributed by atoms with Gasteiger partial charge in [0.05, 0.1) is 12.6 Å². The first-order valence-corrected chi connectivity index (χ1v) is 3.27. The molecule has 12 heavy (non-hydrogen) atoms. The predicted molar refractivity (Wildman–Crippen MR) is 37.2 cm³/mol. The van der Waals surface area contributed by atoms with Gasteiger partial charge >= 0.3 is 5.97 Å². The number of ether oxygens (including phenoxy) is 1. The molecule has 0 aliphatic carbocycles. The SMILES string of the molecule is NC(CO)C1OC(=O)C(O)=C1O. The van der Waals surface area contributed by atoms with Crippen LogP contribution in [0, 0.1) is 0 Å². The van der Waals surface area contributed by atoms with Crippen LogP contribution < -0.4 is 5.73 Å². The summed E-state index contributed by atoms with van der Waals surface area (Å²) in [5.41, 5.74) is 5.26. The van der Waals surface area contributed by atoms with Crippen molar-refractivity contribution in [1.82, 2.24) is 0 Å². The maximum atomic E-state index is 10.6. The van der Waals surface area contributed by atoms with Crippen molar-refractivity contribution in [2.45, 2.75) is 12.1 Å². The van der Waals surface area contributed by atoms with Crippen molar-refractivity contribution in [3.8, 4) is 0 Å². The van der Waals surface area contributed by atoms with E-state index in [1.165, 1.54) is 0 Å². The molecule has 0 aromatic rings. The van der Waals surface area contributed by atoms with E-state index in [1.54, 1.807) is 0 Å². The van der Waals surface area contributed by atoms with Gasteiger partial charge in [0.2, 0.25) is 5.76 Å². The van der Waals surface area contributed by atoms with Crippen molar-refractivity contribution in [1.29, 1.82) is 0 Å². The summed E-state index contributed by atoms with van der Waals surface area (Å²) >= 11 is 0. The van der Waals surface area contributed by atoms with Crippen LogP contribution in [0.2, 0.25) is 0 Å². The van der Waals surface area contributed by atoms with Crippen molar-refractivity contribution < 1.29 is 24.9 Å². The molecule has 0 radical (unpaired) electrons. The zero-order chi connectivity index (χ0) is 9.30. The first kappa shape index (κ1) is 8.82. The third kappa shape index (κ3) is 1.21. The van der Waals surface area contributed by atoms with Crippen LogP contribution in [0.4, 0.5) is 0 Å². The Labute approximate surface area is 67.9 Å². The third-order valence-corrected chi connectivity index (χ3v) is 1.54. The standard InChI is InChI=1S/C6H9NO5/c7-2(1-8)5-3(9)4(10)6(11)12-5/h2,5,8-10H,1,7H2. The Hall–Kier alpha value is -1.27. The number of esters is 1. The van der Waals surface area contributed by atoms with E-state index in [2.05, 4.69) is 4.74 Å². The molecule has 0 saturated carbocycles. The molecule has 0 saturated heterocycles. The minimum absolute atomic E-state index is 0.449. The van der Waals surface area contributed by atoms with Crippen molar-refractivity contribution in [2.24, 2.45) is 5.73 Å². The molecule has 0 fully saturated rings. The van der Waals surface area contributed by atoms with Gasteiger partial charge in [-0.2, -0.15) is 0 Å². The van der Waals surface area contributed by atoms with Gasteiger partial charge in [-0.1, -0.05) is 0 Å². The number of nitrogens with two attached hydrogens (primary N) is 1. The number of carbonyl (C=O) groups is 1. The van der Waals surface area contributed by atoms with Crippen molar-refractivity contribution in [3.05, 3.63) is 11.5 Å². The first-order valence-electron chi connectivity index (χ1n) is 3.27. The van der Waals surface area contributed by atoms with Gasteiger partial charge < -0.3 is 25.8 Å². The van der Waals surface area contributed by atoms with E-state index < -0.39 is 36.2 Å². The van der Waals surface area contributed by atoms with E-state index in [1.807, 2.05) is 0 Å². The lowest BCUT2D eigenvalue weighted by molar-refractivity contribution is -0.143. The van der Waals surface area contributed by atoms with Gasteiger partial charge in [-0.3, -0.25) is 0 Å². The van der Waals surface area contributed by atoms with Crippen LogP contribution in [0.25, 0.3) is 0 Å². The molecule has 0 aromatic heterocycles. The number of aliphatic hydroxyl groups is 3. The van der Waals surface area contributed by atoms with Crippen molar-refractivity contribution >= 4 is 5.97 Å². The Morgan fingerprint density at radius 1 is 1.58 bits per heavy atom.